The van der Waals surface area contributed by atoms with Gasteiger partial charge < -0.3 is 9.88 Å². The summed E-state index contributed by atoms with van der Waals surface area (Å²) in [5.74, 6) is 0.688. The Labute approximate surface area is 168 Å². The van der Waals surface area contributed by atoms with Gasteiger partial charge in [-0.25, -0.2) is 8.42 Å². The fourth-order valence-electron chi connectivity index (χ4n) is 3.15. The van der Waals surface area contributed by atoms with E-state index in [0.717, 1.165) is 6.42 Å². The summed E-state index contributed by atoms with van der Waals surface area (Å²) in [6.07, 6.45) is 6.56. The maximum absolute atomic E-state index is 12.8. The number of carbonyl (C=O) groups excluding carboxylic acids is 1. The summed E-state index contributed by atoms with van der Waals surface area (Å²) in [4.78, 5) is 17.0. The minimum Gasteiger partial charge on any atom is -0.322 e. The summed E-state index contributed by atoms with van der Waals surface area (Å²) >= 11 is 0. The Bertz CT molecular complexity index is 1180. The van der Waals surface area contributed by atoms with Crippen LogP contribution in [0.1, 0.15) is 23.2 Å². The molecule has 0 bridgehead atoms. The van der Waals surface area contributed by atoms with Crippen molar-refractivity contribution in [2.75, 3.05) is 11.9 Å². The summed E-state index contributed by atoms with van der Waals surface area (Å²) in [7, 11) is -2.01. The zero-order valence-corrected chi connectivity index (χ0v) is 16.6. The van der Waals surface area contributed by atoms with Gasteiger partial charge in [0.25, 0.3) is 15.9 Å². The zero-order valence-electron chi connectivity index (χ0n) is 15.7. The Hall–Kier alpha value is -3.40. The van der Waals surface area contributed by atoms with Gasteiger partial charge in [0.2, 0.25) is 0 Å². The zero-order chi connectivity index (χ0) is 20.4. The van der Waals surface area contributed by atoms with Crippen molar-refractivity contribution in [3.63, 3.8) is 0 Å². The number of sulfonamides is 1. The predicted octanol–water partition coefficient (Wildman–Crippen LogP) is 1.93. The van der Waals surface area contributed by atoms with Crippen molar-refractivity contribution in [2.45, 2.75) is 17.7 Å². The van der Waals surface area contributed by atoms with Gasteiger partial charge >= 0.3 is 0 Å². The first-order valence-electron chi connectivity index (χ1n) is 9.07. The molecule has 0 unspecified atom stereocenters. The van der Waals surface area contributed by atoms with E-state index in [-0.39, 0.29) is 10.8 Å². The first-order valence-corrected chi connectivity index (χ1v) is 10.6. The molecular weight excluding hydrogens is 392 g/mol. The Morgan fingerprint density at radius 2 is 1.97 bits per heavy atom. The second kappa shape index (κ2) is 7.55. The van der Waals surface area contributed by atoms with Crippen LogP contribution in [0.5, 0.6) is 0 Å². The molecule has 0 fully saturated rings. The summed E-state index contributed by atoms with van der Waals surface area (Å²) in [5.41, 5.74) is 0.740. The number of carbonyl (C=O) groups is 1. The summed E-state index contributed by atoms with van der Waals surface area (Å²) in [5, 5.41) is 6.92. The van der Waals surface area contributed by atoms with Crippen molar-refractivity contribution in [1.29, 1.82) is 0 Å². The Morgan fingerprint density at radius 1 is 1.17 bits per heavy atom. The first kappa shape index (κ1) is 18.9. The lowest BCUT2D eigenvalue weighted by Crippen LogP contribution is -2.29. The van der Waals surface area contributed by atoms with Crippen molar-refractivity contribution in [2.24, 2.45) is 12.0 Å². The largest absolute Gasteiger partial charge is 0.322 e. The molecule has 0 aliphatic carbocycles. The van der Waals surface area contributed by atoms with E-state index >= 15 is 0 Å². The molecule has 1 aromatic carbocycles. The second-order valence-corrected chi connectivity index (χ2v) is 8.30. The van der Waals surface area contributed by atoms with Crippen LogP contribution in [0.15, 0.2) is 64.9 Å². The fourth-order valence-corrected chi connectivity index (χ4v) is 4.28. The SMILES string of the molecule is Cn1ncc(C(=O)Nc2cccc(S(=O)(=O)NC3=NCCC3)c2)c1-n1cccc1. The number of aromatic nitrogens is 3. The maximum atomic E-state index is 12.8. The highest BCUT2D eigenvalue weighted by Gasteiger charge is 2.20. The number of amides is 1. The summed E-state index contributed by atoms with van der Waals surface area (Å²) in [6.45, 7) is 0.628. The van der Waals surface area contributed by atoms with E-state index in [1.54, 1.807) is 28.4 Å². The van der Waals surface area contributed by atoms with Crippen LogP contribution in [0, 0.1) is 0 Å². The highest BCUT2D eigenvalue weighted by atomic mass is 32.2. The number of benzene rings is 1. The molecule has 1 aliphatic heterocycles. The summed E-state index contributed by atoms with van der Waals surface area (Å²) in [6, 6.07) is 9.81. The van der Waals surface area contributed by atoms with Crippen LogP contribution in [0.3, 0.4) is 0 Å². The standard InChI is InChI=1S/C19H20N6O3S/c1-24-19(25-10-2-3-11-25)16(13-21-24)18(26)22-14-6-4-7-15(12-14)29(27,28)23-17-8-5-9-20-17/h2-4,6-7,10-13H,5,8-9H2,1H3,(H,20,23)(H,22,26). The van der Waals surface area contributed by atoms with Gasteiger partial charge in [0.1, 0.15) is 17.2 Å². The smallest absolute Gasteiger partial charge is 0.262 e. The fraction of sp³-hybridized carbons (Fsp3) is 0.211. The van der Waals surface area contributed by atoms with Crippen molar-refractivity contribution < 1.29 is 13.2 Å². The lowest BCUT2D eigenvalue weighted by Gasteiger charge is -2.11. The van der Waals surface area contributed by atoms with Gasteiger partial charge in [0.05, 0.1) is 11.1 Å². The number of rotatable bonds is 5. The van der Waals surface area contributed by atoms with Crippen LogP contribution in [-0.4, -0.2) is 41.1 Å². The topological polar surface area (TPSA) is 110 Å². The van der Waals surface area contributed by atoms with Crippen LogP contribution < -0.4 is 10.0 Å². The van der Waals surface area contributed by atoms with Gasteiger partial charge in [-0.2, -0.15) is 5.10 Å². The monoisotopic (exact) mass is 412 g/mol. The quantitative estimate of drug-likeness (QED) is 0.667. The third kappa shape index (κ3) is 3.92. The van der Waals surface area contributed by atoms with Gasteiger partial charge in [-0.1, -0.05) is 6.07 Å². The van der Waals surface area contributed by atoms with Crippen LogP contribution in [0.2, 0.25) is 0 Å². The number of aryl methyl sites for hydroxylation is 1. The number of nitrogens with one attached hydrogen (secondary N) is 2. The summed E-state index contributed by atoms with van der Waals surface area (Å²) < 4.78 is 31.1. The van der Waals surface area contributed by atoms with Crippen molar-refractivity contribution in [3.8, 4) is 5.82 Å². The van der Waals surface area contributed by atoms with Crippen LogP contribution in [0.4, 0.5) is 5.69 Å². The average molecular weight is 412 g/mol. The normalized spacial score (nSPS) is 13.9. The van der Waals surface area contributed by atoms with E-state index in [4.69, 9.17) is 0 Å². The molecule has 0 spiro atoms. The molecule has 4 rings (SSSR count). The van der Waals surface area contributed by atoms with Gasteiger partial charge in [0, 0.05) is 38.1 Å². The highest BCUT2D eigenvalue weighted by Crippen LogP contribution is 2.19. The average Bonchev–Trinajstić information content (AvgIpc) is 3.43. The van der Waals surface area contributed by atoms with Gasteiger partial charge in [-0.05, 0) is 36.8 Å². The van der Waals surface area contributed by atoms with Gasteiger partial charge in [0.15, 0.2) is 0 Å². The van der Waals surface area contributed by atoms with Crippen LogP contribution in [0.25, 0.3) is 5.82 Å². The lowest BCUT2D eigenvalue weighted by atomic mass is 10.2. The Kier molecular flexibility index (Phi) is 4.93. The predicted molar refractivity (Wildman–Crippen MR) is 109 cm³/mol. The minimum atomic E-state index is -3.76. The van der Waals surface area contributed by atoms with Crippen molar-refractivity contribution >= 4 is 27.5 Å². The third-order valence-electron chi connectivity index (χ3n) is 4.53. The lowest BCUT2D eigenvalue weighted by molar-refractivity contribution is 0.102. The molecule has 150 valence electrons. The molecule has 0 saturated heterocycles. The van der Waals surface area contributed by atoms with E-state index in [1.807, 2.05) is 24.5 Å². The molecule has 2 aromatic heterocycles. The van der Waals surface area contributed by atoms with Crippen molar-refractivity contribution in [3.05, 3.63) is 60.6 Å². The van der Waals surface area contributed by atoms with E-state index in [1.165, 1.54) is 18.3 Å². The van der Waals surface area contributed by atoms with Crippen LogP contribution >= 0.6 is 0 Å². The first-order chi connectivity index (χ1) is 13.9. The van der Waals surface area contributed by atoms with E-state index in [0.29, 0.717) is 35.9 Å². The molecule has 0 radical (unpaired) electrons. The molecular formula is C19H20N6O3S. The molecule has 0 atom stereocenters. The van der Waals surface area contributed by atoms with Crippen molar-refractivity contribution in [1.82, 2.24) is 19.1 Å². The number of hydrogen-bond donors (Lipinski definition) is 2. The minimum absolute atomic E-state index is 0.0571. The number of aliphatic imine (C=N–C) groups is 1. The molecule has 10 heteroatoms. The van der Waals surface area contributed by atoms with Crippen LogP contribution in [-0.2, 0) is 17.1 Å². The molecule has 3 aromatic rings. The molecule has 0 saturated carbocycles. The van der Waals surface area contributed by atoms with E-state index in [9.17, 15) is 13.2 Å². The highest BCUT2D eigenvalue weighted by molar-refractivity contribution is 7.90. The van der Waals surface area contributed by atoms with E-state index in [2.05, 4.69) is 20.1 Å². The number of amidine groups is 1. The third-order valence-corrected chi connectivity index (χ3v) is 5.91. The Balaban J connectivity index is 1.57. The second-order valence-electron chi connectivity index (χ2n) is 6.62. The number of hydrogen-bond acceptors (Lipinski definition) is 5. The van der Waals surface area contributed by atoms with E-state index < -0.39 is 10.0 Å². The van der Waals surface area contributed by atoms with Gasteiger partial charge in [-0.3, -0.25) is 19.2 Å². The van der Waals surface area contributed by atoms with Gasteiger partial charge in [-0.15, -0.1) is 0 Å². The maximum Gasteiger partial charge on any atom is 0.262 e. The molecule has 2 N–H and O–H groups in total. The number of nitrogens with zero attached hydrogens (tertiary/aromatic N) is 4. The Morgan fingerprint density at radius 3 is 2.69 bits per heavy atom. The molecule has 29 heavy (non-hydrogen) atoms. The molecule has 1 aliphatic rings. The molecule has 9 nitrogen and oxygen atoms in total. The molecule has 3 heterocycles. The number of anilines is 1. The molecule has 1 amide bonds.